The second-order valence-electron chi connectivity index (χ2n) is 5.95. The summed E-state index contributed by atoms with van der Waals surface area (Å²) in [6, 6.07) is 13.2. The lowest BCUT2D eigenvalue weighted by Crippen LogP contribution is -2.29. The molecule has 0 saturated heterocycles. The van der Waals surface area contributed by atoms with Crippen LogP contribution in [0.25, 0.3) is 11.0 Å². The average Bonchev–Trinajstić information content (AvgIpc) is 2.86. The molecule has 136 valence electrons. The van der Waals surface area contributed by atoms with E-state index in [2.05, 4.69) is 5.32 Å². The monoisotopic (exact) mass is 373 g/mol. The van der Waals surface area contributed by atoms with Crippen LogP contribution in [0.15, 0.2) is 58.2 Å². The molecule has 0 aliphatic heterocycles. The van der Waals surface area contributed by atoms with Crippen molar-refractivity contribution in [3.05, 3.63) is 59.0 Å². The molecule has 2 aromatic carbocycles. The van der Waals surface area contributed by atoms with Crippen LogP contribution in [0.2, 0.25) is 0 Å². The highest BCUT2D eigenvalue weighted by molar-refractivity contribution is 7.90. The molecule has 0 atom stereocenters. The second-order valence-corrected chi connectivity index (χ2v) is 7.96. The van der Waals surface area contributed by atoms with Crippen LogP contribution >= 0.6 is 0 Å². The summed E-state index contributed by atoms with van der Waals surface area (Å²) in [5, 5.41) is 2.69. The molecule has 1 N–H and O–H groups in total. The molecule has 0 saturated carbocycles. The number of para-hydroxylation sites is 2. The number of hydrogen-bond donors (Lipinski definition) is 1. The molecule has 0 bridgehead atoms. The lowest BCUT2D eigenvalue weighted by Gasteiger charge is -2.07. The van der Waals surface area contributed by atoms with Crippen LogP contribution in [0.3, 0.4) is 0 Å². The number of aromatic nitrogens is 2. The van der Waals surface area contributed by atoms with Crippen LogP contribution in [-0.4, -0.2) is 29.7 Å². The third-order valence-corrected chi connectivity index (χ3v) is 5.24. The van der Waals surface area contributed by atoms with E-state index in [1.54, 1.807) is 10.6 Å². The van der Waals surface area contributed by atoms with Gasteiger partial charge in [-0.2, -0.15) is 0 Å². The lowest BCUT2D eigenvalue weighted by atomic mass is 10.3. The SMILES string of the molecule is CCn1c(=O)n(CC(=O)Nc2ccc(S(C)(=O)=O)cc2)c2ccccc21. The summed E-state index contributed by atoms with van der Waals surface area (Å²) in [6.45, 7) is 2.27. The van der Waals surface area contributed by atoms with E-state index in [0.717, 1.165) is 11.8 Å². The Balaban J connectivity index is 1.84. The van der Waals surface area contributed by atoms with Gasteiger partial charge in [0, 0.05) is 18.5 Å². The summed E-state index contributed by atoms with van der Waals surface area (Å²) in [5.74, 6) is -0.363. The Labute approximate surface area is 150 Å². The fourth-order valence-corrected chi connectivity index (χ4v) is 3.49. The second kappa shape index (κ2) is 6.80. The van der Waals surface area contributed by atoms with E-state index in [-0.39, 0.29) is 23.0 Å². The smallest absolute Gasteiger partial charge is 0.325 e. The Morgan fingerprint density at radius 3 is 2.12 bits per heavy atom. The van der Waals surface area contributed by atoms with Crippen molar-refractivity contribution in [2.45, 2.75) is 24.9 Å². The van der Waals surface area contributed by atoms with Crippen molar-refractivity contribution in [1.29, 1.82) is 0 Å². The number of carbonyl (C=O) groups is 1. The molecule has 1 aromatic heterocycles. The number of anilines is 1. The minimum atomic E-state index is -3.29. The first-order valence-corrected chi connectivity index (χ1v) is 9.98. The predicted molar refractivity (Wildman–Crippen MR) is 100 cm³/mol. The van der Waals surface area contributed by atoms with Gasteiger partial charge in [0.25, 0.3) is 0 Å². The minimum absolute atomic E-state index is 0.125. The van der Waals surface area contributed by atoms with Gasteiger partial charge in [-0.05, 0) is 43.3 Å². The summed E-state index contributed by atoms with van der Waals surface area (Å²) in [4.78, 5) is 25.1. The first-order valence-electron chi connectivity index (χ1n) is 8.09. The molecule has 1 heterocycles. The molecule has 0 spiro atoms. The van der Waals surface area contributed by atoms with Gasteiger partial charge in [0.2, 0.25) is 5.91 Å². The van der Waals surface area contributed by atoms with Gasteiger partial charge in [-0.25, -0.2) is 13.2 Å². The molecule has 3 aromatic rings. The minimum Gasteiger partial charge on any atom is -0.325 e. The maximum atomic E-state index is 12.5. The first kappa shape index (κ1) is 17.9. The molecular formula is C18H19N3O4S. The van der Waals surface area contributed by atoms with Gasteiger partial charge in [0.05, 0.1) is 15.9 Å². The highest BCUT2D eigenvalue weighted by atomic mass is 32.2. The van der Waals surface area contributed by atoms with Crippen molar-refractivity contribution in [2.24, 2.45) is 0 Å². The zero-order chi connectivity index (χ0) is 18.9. The molecule has 1 amide bonds. The molecule has 0 aliphatic rings. The fourth-order valence-electron chi connectivity index (χ4n) is 2.86. The number of benzene rings is 2. The molecule has 0 fully saturated rings. The predicted octanol–water partition coefficient (Wildman–Crippen LogP) is 1.87. The zero-order valence-electron chi connectivity index (χ0n) is 14.5. The third kappa shape index (κ3) is 3.41. The van der Waals surface area contributed by atoms with Gasteiger partial charge in [-0.1, -0.05) is 12.1 Å². The van der Waals surface area contributed by atoms with E-state index >= 15 is 0 Å². The van der Waals surface area contributed by atoms with Crippen LogP contribution in [-0.2, 0) is 27.7 Å². The van der Waals surface area contributed by atoms with Crippen LogP contribution < -0.4 is 11.0 Å². The molecule has 7 nitrogen and oxygen atoms in total. The van der Waals surface area contributed by atoms with Gasteiger partial charge < -0.3 is 5.32 Å². The Bertz CT molecular complexity index is 1130. The number of fused-ring (bicyclic) bond motifs is 1. The number of nitrogens with one attached hydrogen (secondary N) is 1. The third-order valence-electron chi connectivity index (χ3n) is 4.11. The summed E-state index contributed by atoms with van der Waals surface area (Å²) in [5.41, 5.74) is 1.71. The van der Waals surface area contributed by atoms with Crippen LogP contribution in [0.4, 0.5) is 5.69 Å². The number of hydrogen-bond acceptors (Lipinski definition) is 4. The number of nitrogens with zero attached hydrogens (tertiary/aromatic N) is 2. The largest absolute Gasteiger partial charge is 0.329 e. The van der Waals surface area contributed by atoms with Gasteiger partial charge in [-0.15, -0.1) is 0 Å². The summed E-state index contributed by atoms with van der Waals surface area (Å²) < 4.78 is 26.0. The molecule has 0 radical (unpaired) electrons. The Kier molecular flexibility index (Phi) is 4.69. The van der Waals surface area contributed by atoms with Crippen molar-refractivity contribution in [2.75, 3.05) is 11.6 Å². The molecule has 0 unspecified atom stereocenters. The van der Waals surface area contributed by atoms with Crippen molar-refractivity contribution < 1.29 is 13.2 Å². The van der Waals surface area contributed by atoms with Crippen molar-refractivity contribution in [3.63, 3.8) is 0 Å². The van der Waals surface area contributed by atoms with Crippen molar-refractivity contribution >= 4 is 32.5 Å². The number of aryl methyl sites for hydroxylation is 1. The van der Waals surface area contributed by atoms with Gasteiger partial charge >= 0.3 is 5.69 Å². The highest BCUT2D eigenvalue weighted by Crippen LogP contribution is 2.15. The first-order chi connectivity index (χ1) is 12.3. The molecule has 8 heteroatoms. The Morgan fingerprint density at radius 2 is 1.58 bits per heavy atom. The Morgan fingerprint density at radius 1 is 1.00 bits per heavy atom. The van der Waals surface area contributed by atoms with Gasteiger partial charge in [0.15, 0.2) is 9.84 Å². The van der Waals surface area contributed by atoms with Crippen molar-refractivity contribution in [3.8, 4) is 0 Å². The molecule has 0 aliphatic carbocycles. The zero-order valence-corrected chi connectivity index (χ0v) is 15.3. The summed E-state index contributed by atoms with van der Waals surface area (Å²) in [7, 11) is -3.29. The van der Waals surface area contributed by atoms with E-state index < -0.39 is 9.84 Å². The quantitative estimate of drug-likeness (QED) is 0.739. The van der Waals surface area contributed by atoms with E-state index in [1.165, 1.54) is 28.8 Å². The van der Waals surface area contributed by atoms with Crippen LogP contribution in [0.1, 0.15) is 6.92 Å². The maximum Gasteiger partial charge on any atom is 0.329 e. The molecule has 26 heavy (non-hydrogen) atoms. The number of carbonyl (C=O) groups excluding carboxylic acids is 1. The molecule has 3 rings (SSSR count). The normalized spacial score (nSPS) is 11.6. The topological polar surface area (TPSA) is 90.2 Å². The lowest BCUT2D eigenvalue weighted by molar-refractivity contribution is -0.116. The Hall–Kier alpha value is -2.87. The molecular weight excluding hydrogens is 354 g/mol. The number of amides is 1. The summed E-state index contributed by atoms with van der Waals surface area (Å²) in [6.07, 6.45) is 1.12. The van der Waals surface area contributed by atoms with E-state index in [1.807, 2.05) is 25.1 Å². The summed E-state index contributed by atoms with van der Waals surface area (Å²) >= 11 is 0. The highest BCUT2D eigenvalue weighted by Gasteiger charge is 2.14. The number of rotatable bonds is 5. The van der Waals surface area contributed by atoms with Gasteiger partial charge in [0.1, 0.15) is 6.54 Å². The van der Waals surface area contributed by atoms with E-state index in [9.17, 15) is 18.0 Å². The van der Waals surface area contributed by atoms with E-state index in [4.69, 9.17) is 0 Å². The van der Waals surface area contributed by atoms with Crippen LogP contribution in [0, 0.1) is 0 Å². The number of imidazole rings is 1. The van der Waals surface area contributed by atoms with Crippen LogP contribution in [0.5, 0.6) is 0 Å². The van der Waals surface area contributed by atoms with Crippen molar-refractivity contribution in [1.82, 2.24) is 9.13 Å². The van der Waals surface area contributed by atoms with Gasteiger partial charge in [-0.3, -0.25) is 13.9 Å². The average molecular weight is 373 g/mol. The van der Waals surface area contributed by atoms with E-state index in [0.29, 0.717) is 17.7 Å². The maximum absolute atomic E-state index is 12.5. The fraction of sp³-hybridized carbons (Fsp3) is 0.222. The number of sulfone groups is 1. The standard InChI is InChI=1S/C18H19N3O4S/c1-3-20-15-6-4-5-7-16(15)21(18(20)23)12-17(22)19-13-8-10-14(11-9-13)26(2,24)25/h4-11H,3,12H2,1-2H3,(H,19,22).